The molecule has 0 fully saturated rings. The van der Waals surface area contributed by atoms with E-state index in [1.54, 1.807) is 54.3 Å². The Morgan fingerprint density at radius 3 is 2.64 bits per heavy atom. The van der Waals surface area contributed by atoms with Crippen LogP contribution in [0.5, 0.6) is 11.5 Å². The Morgan fingerprint density at radius 1 is 1.03 bits per heavy atom. The topological polar surface area (TPSA) is 61.2 Å². The first-order valence-electron chi connectivity index (χ1n) is 10.4. The Balaban J connectivity index is 1.65. The van der Waals surface area contributed by atoms with E-state index in [9.17, 15) is 4.39 Å². The lowest BCUT2D eigenvalue weighted by molar-refractivity contribution is 0.217. The molecule has 33 heavy (non-hydrogen) atoms. The number of nitrogens with zero attached hydrogens (tertiary/aromatic N) is 3. The fraction of sp³-hybridized carbons (Fsp3) is 0.120. The van der Waals surface area contributed by atoms with Gasteiger partial charge in [-0.2, -0.15) is 10.1 Å². The van der Waals surface area contributed by atoms with Crippen molar-refractivity contribution in [1.82, 2.24) is 14.8 Å². The molecule has 0 aliphatic carbocycles. The fourth-order valence-electron chi connectivity index (χ4n) is 4.49. The van der Waals surface area contributed by atoms with Crippen LogP contribution in [0.2, 0.25) is 0 Å². The van der Waals surface area contributed by atoms with E-state index in [0.29, 0.717) is 23.0 Å². The minimum atomic E-state index is -0.748. The Labute approximate surface area is 188 Å². The second-order valence-electron chi connectivity index (χ2n) is 7.82. The zero-order chi connectivity index (χ0) is 22.5. The summed E-state index contributed by atoms with van der Waals surface area (Å²) in [4.78, 5) is 4.36. The minimum absolute atomic E-state index is 0.346. The van der Waals surface area contributed by atoms with E-state index in [2.05, 4.69) is 15.4 Å². The number of anilines is 1. The molecular weight excluding hydrogens is 426 g/mol. The molecular formula is C25H18F2N4O2. The van der Waals surface area contributed by atoms with Gasteiger partial charge in [0.25, 0.3) is 0 Å². The number of ether oxygens (including phenoxy) is 2. The van der Waals surface area contributed by atoms with Crippen LogP contribution in [0.1, 0.15) is 28.8 Å². The number of hydrogen-bond acceptors (Lipinski definition) is 5. The molecule has 3 heterocycles. The first-order chi connectivity index (χ1) is 16.1. The SMILES string of the molecule is COc1ccc2c(c1)C1=C(C(c3ccccc3F)O2)C(c2ccc(F)cc2)n2ncnc2N1. The average molecular weight is 444 g/mol. The van der Waals surface area contributed by atoms with Crippen LogP contribution in [-0.4, -0.2) is 21.9 Å². The van der Waals surface area contributed by atoms with Crippen molar-refractivity contribution in [3.63, 3.8) is 0 Å². The summed E-state index contributed by atoms with van der Waals surface area (Å²) >= 11 is 0. The maximum atomic E-state index is 15.0. The van der Waals surface area contributed by atoms with Crippen molar-refractivity contribution in [2.75, 3.05) is 12.4 Å². The van der Waals surface area contributed by atoms with Gasteiger partial charge in [0.1, 0.15) is 35.5 Å². The number of fused-ring (bicyclic) bond motifs is 3. The molecule has 0 spiro atoms. The lowest BCUT2D eigenvalue weighted by atomic mass is 9.84. The highest BCUT2D eigenvalue weighted by Gasteiger charge is 2.41. The molecule has 2 unspecified atom stereocenters. The third-order valence-corrected chi connectivity index (χ3v) is 5.99. The Hall–Kier alpha value is -4.20. The van der Waals surface area contributed by atoms with Crippen molar-refractivity contribution in [3.8, 4) is 11.5 Å². The largest absolute Gasteiger partial charge is 0.497 e. The maximum Gasteiger partial charge on any atom is 0.226 e. The Kier molecular flexibility index (Phi) is 4.39. The van der Waals surface area contributed by atoms with Crippen LogP contribution in [0.3, 0.4) is 0 Å². The van der Waals surface area contributed by atoms with Crippen molar-refractivity contribution in [1.29, 1.82) is 0 Å². The molecule has 2 aliphatic rings. The normalized spacial score (nSPS) is 18.5. The van der Waals surface area contributed by atoms with E-state index in [-0.39, 0.29) is 11.6 Å². The highest BCUT2D eigenvalue weighted by atomic mass is 19.1. The summed E-state index contributed by atoms with van der Waals surface area (Å²) in [6, 6.07) is 17.7. The van der Waals surface area contributed by atoms with E-state index >= 15 is 4.39 Å². The van der Waals surface area contributed by atoms with Crippen molar-refractivity contribution in [2.45, 2.75) is 12.1 Å². The summed E-state index contributed by atoms with van der Waals surface area (Å²) < 4.78 is 42.3. The third kappa shape index (κ3) is 3.06. The van der Waals surface area contributed by atoms with Gasteiger partial charge in [-0.05, 0) is 42.0 Å². The third-order valence-electron chi connectivity index (χ3n) is 5.99. The van der Waals surface area contributed by atoms with Crippen LogP contribution < -0.4 is 14.8 Å². The lowest BCUT2D eigenvalue weighted by Gasteiger charge is -2.39. The van der Waals surface area contributed by atoms with Crippen molar-refractivity contribution < 1.29 is 18.3 Å². The molecule has 164 valence electrons. The number of benzene rings is 3. The quantitative estimate of drug-likeness (QED) is 0.475. The minimum Gasteiger partial charge on any atom is -0.497 e. The van der Waals surface area contributed by atoms with Gasteiger partial charge >= 0.3 is 0 Å². The summed E-state index contributed by atoms with van der Waals surface area (Å²) in [5, 5.41) is 7.76. The number of methoxy groups -OCH3 is 1. The van der Waals surface area contributed by atoms with Crippen LogP contribution in [-0.2, 0) is 0 Å². The summed E-state index contributed by atoms with van der Waals surface area (Å²) in [5.74, 6) is 1.03. The molecule has 4 aromatic rings. The predicted molar refractivity (Wildman–Crippen MR) is 118 cm³/mol. The molecule has 6 nitrogen and oxygen atoms in total. The molecule has 3 aromatic carbocycles. The summed E-state index contributed by atoms with van der Waals surface area (Å²) in [6.07, 6.45) is 0.699. The van der Waals surface area contributed by atoms with Gasteiger partial charge in [-0.3, -0.25) is 0 Å². The average Bonchev–Trinajstić information content (AvgIpc) is 3.31. The van der Waals surface area contributed by atoms with Crippen molar-refractivity contribution >= 4 is 11.6 Å². The smallest absolute Gasteiger partial charge is 0.226 e. The Morgan fingerprint density at radius 2 is 1.85 bits per heavy atom. The summed E-state index contributed by atoms with van der Waals surface area (Å²) in [7, 11) is 1.59. The Bertz CT molecular complexity index is 1400. The van der Waals surface area contributed by atoms with Crippen LogP contribution in [0.4, 0.5) is 14.7 Å². The van der Waals surface area contributed by atoms with Crippen molar-refractivity contribution in [2.24, 2.45) is 0 Å². The van der Waals surface area contributed by atoms with Gasteiger partial charge in [0.2, 0.25) is 5.95 Å². The fourth-order valence-corrected chi connectivity index (χ4v) is 4.49. The van der Waals surface area contributed by atoms with E-state index in [4.69, 9.17) is 9.47 Å². The molecule has 6 rings (SSSR count). The number of hydrogen-bond donors (Lipinski definition) is 1. The van der Waals surface area contributed by atoms with Crippen LogP contribution >= 0.6 is 0 Å². The van der Waals surface area contributed by atoms with Gasteiger partial charge in [-0.15, -0.1) is 0 Å². The zero-order valence-electron chi connectivity index (χ0n) is 17.5. The second-order valence-corrected chi connectivity index (χ2v) is 7.82. The molecule has 1 aromatic heterocycles. The van der Waals surface area contributed by atoms with E-state index in [0.717, 1.165) is 22.4 Å². The van der Waals surface area contributed by atoms with E-state index in [1.165, 1.54) is 24.5 Å². The van der Waals surface area contributed by atoms with Gasteiger partial charge in [-0.25, -0.2) is 13.5 Å². The van der Waals surface area contributed by atoms with E-state index < -0.39 is 12.1 Å². The van der Waals surface area contributed by atoms with Gasteiger partial charge in [0.05, 0.1) is 12.8 Å². The second kappa shape index (κ2) is 7.44. The number of nitrogens with one attached hydrogen (secondary N) is 1. The highest BCUT2D eigenvalue weighted by molar-refractivity contribution is 5.85. The molecule has 2 atom stereocenters. The standard InChI is InChI=1S/C25H18F2N4O2/c1-32-16-10-11-20-18(12-16)22-21(24(33-20)17-4-2-3-5-19(17)27)23(14-6-8-15(26)9-7-14)31-25(30-22)28-13-29-31/h2-13,23-24H,1H3,(H,28,29,30). The van der Waals surface area contributed by atoms with Gasteiger partial charge in [0, 0.05) is 16.7 Å². The molecule has 2 aliphatic heterocycles. The van der Waals surface area contributed by atoms with E-state index in [1.807, 2.05) is 6.07 Å². The summed E-state index contributed by atoms with van der Waals surface area (Å²) in [5.41, 5.74) is 3.40. The van der Waals surface area contributed by atoms with Crippen LogP contribution in [0.15, 0.2) is 78.6 Å². The molecule has 0 saturated heterocycles. The number of rotatable bonds is 3. The molecule has 0 amide bonds. The highest BCUT2D eigenvalue weighted by Crippen LogP contribution is 2.51. The summed E-state index contributed by atoms with van der Waals surface area (Å²) in [6.45, 7) is 0. The van der Waals surface area contributed by atoms with Crippen LogP contribution in [0.25, 0.3) is 5.70 Å². The lowest BCUT2D eigenvalue weighted by Crippen LogP contribution is -2.32. The monoisotopic (exact) mass is 444 g/mol. The molecule has 1 N–H and O–H groups in total. The van der Waals surface area contributed by atoms with Crippen molar-refractivity contribution in [3.05, 3.63) is 107 Å². The molecule has 8 heteroatoms. The first-order valence-corrected chi connectivity index (χ1v) is 10.4. The molecule has 0 radical (unpaired) electrons. The van der Waals surface area contributed by atoms with Gasteiger partial charge < -0.3 is 14.8 Å². The number of aromatic nitrogens is 3. The zero-order valence-corrected chi connectivity index (χ0v) is 17.5. The van der Waals surface area contributed by atoms with Gasteiger partial charge in [-0.1, -0.05) is 30.3 Å². The maximum absolute atomic E-state index is 15.0. The predicted octanol–water partition coefficient (Wildman–Crippen LogP) is 5.12. The molecule has 0 bridgehead atoms. The first kappa shape index (κ1) is 19.5. The van der Waals surface area contributed by atoms with Crippen LogP contribution in [0, 0.1) is 11.6 Å². The molecule has 0 saturated carbocycles. The number of halogens is 2. The van der Waals surface area contributed by atoms with Gasteiger partial charge in [0.15, 0.2) is 6.10 Å².